The molecule has 2 aliphatic heterocycles. The zero-order chi connectivity index (χ0) is 22.4. The number of carboxylic acid groups (broad SMARTS) is 1. The normalized spacial score (nSPS) is 27.9. The molecule has 0 unspecified atom stereocenters. The van der Waals surface area contributed by atoms with Gasteiger partial charge in [-0.15, -0.1) is 0 Å². The van der Waals surface area contributed by atoms with Gasteiger partial charge < -0.3 is 14.8 Å². The van der Waals surface area contributed by atoms with Gasteiger partial charge in [-0.2, -0.15) is 0 Å². The van der Waals surface area contributed by atoms with Crippen LogP contribution in [-0.4, -0.2) is 44.8 Å². The van der Waals surface area contributed by atoms with Gasteiger partial charge in [0.05, 0.1) is 12.0 Å². The van der Waals surface area contributed by atoms with E-state index < -0.39 is 23.8 Å². The van der Waals surface area contributed by atoms with E-state index in [4.69, 9.17) is 0 Å². The van der Waals surface area contributed by atoms with Crippen LogP contribution in [0.5, 0.6) is 0 Å². The fraction of sp³-hybridized carbons (Fsp3) is 0.520. The maximum absolute atomic E-state index is 13.4. The zero-order valence-corrected chi connectivity index (χ0v) is 18.0. The maximum Gasteiger partial charge on any atom is 0.308 e. The minimum atomic E-state index is -0.922. The van der Waals surface area contributed by atoms with Gasteiger partial charge in [0.25, 0.3) is 5.56 Å². The van der Waals surface area contributed by atoms with E-state index in [1.54, 1.807) is 22.8 Å². The maximum atomic E-state index is 13.4. The van der Waals surface area contributed by atoms with Crippen molar-refractivity contribution in [2.45, 2.75) is 50.7 Å². The van der Waals surface area contributed by atoms with E-state index in [1.165, 1.54) is 31.4 Å². The molecule has 7 heteroatoms. The van der Waals surface area contributed by atoms with E-state index in [-0.39, 0.29) is 24.0 Å². The van der Waals surface area contributed by atoms with Crippen molar-refractivity contribution in [2.24, 2.45) is 17.8 Å². The Bertz CT molecular complexity index is 1060. The monoisotopic (exact) mass is 440 g/mol. The minimum Gasteiger partial charge on any atom is -0.481 e. The number of hydrogen-bond donors (Lipinski definition) is 2. The standard InChI is InChI=1S/C25H29FN2O4/c26-17-8-6-16(7-9-17)18-10-11-20-23-22(25(31)32)19(14-29)21(13-28(20)24(18)30)27(23)12-15-4-2-1-3-5-15/h6-11,15,19,21-23,29H,1-5,12-14H2,(H,31,32)/t19-,21-,22+,23+/m1/s1. The summed E-state index contributed by atoms with van der Waals surface area (Å²) in [5.41, 5.74) is 1.62. The Morgan fingerprint density at radius 2 is 1.78 bits per heavy atom. The first-order valence-corrected chi connectivity index (χ1v) is 11.6. The van der Waals surface area contributed by atoms with Crippen LogP contribution in [0, 0.1) is 23.6 Å². The molecule has 6 nitrogen and oxygen atoms in total. The quantitative estimate of drug-likeness (QED) is 0.746. The molecule has 3 heterocycles. The minimum absolute atomic E-state index is 0.191. The number of carboxylic acids is 1. The number of aliphatic hydroxyl groups excluding tert-OH is 1. The van der Waals surface area contributed by atoms with Gasteiger partial charge in [0.2, 0.25) is 0 Å². The van der Waals surface area contributed by atoms with Crippen molar-refractivity contribution in [3.63, 3.8) is 0 Å². The fourth-order valence-corrected chi connectivity index (χ4v) is 6.27. The van der Waals surface area contributed by atoms with Crippen molar-refractivity contribution in [1.29, 1.82) is 0 Å². The zero-order valence-electron chi connectivity index (χ0n) is 18.0. The van der Waals surface area contributed by atoms with Crippen molar-refractivity contribution in [3.05, 3.63) is 58.3 Å². The Balaban J connectivity index is 1.57. The molecule has 1 saturated carbocycles. The fourth-order valence-electron chi connectivity index (χ4n) is 6.27. The lowest BCUT2D eigenvalue weighted by Crippen LogP contribution is -2.48. The SMILES string of the molecule is O=C(O)[C@H]1[C@H](CO)[C@H]2Cn3c(ccc(-c4ccc(F)cc4)c3=O)[C@@H]1N2CC1CCCCC1. The molecule has 0 amide bonds. The third-order valence-corrected chi connectivity index (χ3v) is 7.80. The Hall–Kier alpha value is -2.51. The molecule has 0 spiro atoms. The van der Waals surface area contributed by atoms with Crippen LogP contribution < -0.4 is 5.56 Å². The predicted octanol–water partition coefficient (Wildman–Crippen LogP) is 3.28. The summed E-state index contributed by atoms with van der Waals surface area (Å²) in [6.07, 6.45) is 5.96. The lowest BCUT2D eigenvalue weighted by atomic mass is 9.87. The lowest BCUT2D eigenvalue weighted by molar-refractivity contribution is -0.144. The number of rotatable bonds is 5. The molecule has 2 aromatic rings. The highest BCUT2D eigenvalue weighted by molar-refractivity contribution is 5.73. The van der Waals surface area contributed by atoms with Crippen LogP contribution in [0.15, 0.2) is 41.2 Å². The second-order valence-electron chi connectivity index (χ2n) is 9.52. The van der Waals surface area contributed by atoms with E-state index in [2.05, 4.69) is 4.90 Å². The average Bonchev–Trinajstić information content (AvgIpc) is 3.00. The number of pyridine rings is 1. The highest BCUT2D eigenvalue weighted by Crippen LogP contribution is 2.49. The number of nitrogens with zero attached hydrogens (tertiary/aromatic N) is 2. The molecule has 1 saturated heterocycles. The lowest BCUT2D eigenvalue weighted by Gasteiger charge is -2.40. The van der Waals surface area contributed by atoms with E-state index >= 15 is 0 Å². The van der Waals surface area contributed by atoms with E-state index in [0.717, 1.165) is 19.4 Å². The first kappa shape index (κ1) is 21.3. The molecular formula is C25H29FN2O4. The molecule has 4 atom stereocenters. The largest absolute Gasteiger partial charge is 0.481 e. The van der Waals surface area contributed by atoms with Gasteiger partial charge in [-0.25, -0.2) is 4.39 Å². The molecule has 2 bridgehead atoms. The van der Waals surface area contributed by atoms with Gasteiger partial charge in [0, 0.05) is 42.9 Å². The first-order chi connectivity index (χ1) is 15.5. The number of hydrogen-bond acceptors (Lipinski definition) is 4. The van der Waals surface area contributed by atoms with Crippen LogP contribution in [0.1, 0.15) is 43.8 Å². The van der Waals surface area contributed by atoms with Crippen molar-refractivity contribution < 1.29 is 19.4 Å². The molecule has 170 valence electrons. The number of benzene rings is 1. The Kier molecular flexibility index (Phi) is 5.63. The molecular weight excluding hydrogens is 411 g/mol. The van der Waals surface area contributed by atoms with Gasteiger partial charge in [0.15, 0.2) is 0 Å². The number of aliphatic carboxylic acids is 1. The number of aromatic nitrogens is 1. The van der Waals surface area contributed by atoms with Crippen LogP contribution in [0.4, 0.5) is 4.39 Å². The Morgan fingerprint density at radius 3 is 2.44 bits per heavy atom. The van der Waals surface area contributed by atoms with Gasteiger partial charge >= 0.3 is 5.97 Å². The topological polar surface area (TPSA) is 82.8 Å². The van der Waals surface area contributed by atoms with Gasteiger partial charge in [-0.1, -0.05) is 31.4 Å². The molecule has 32 heavy (non-hydrogen) atoms. The summed E-state index contributed by atoms with van der Waals surface area (Å²) in [5.74, 6) is -1.93. The van der Waals surface area contributed by atoms with Crippen LogP contribution in [-0.2, 0) is 11.3 Å². The molecule has 1 aliphatic carbocycles. The predicted molar refractivity (Wildman–Crippen MR) is 118 cm³/mol. The summed E-state index contributed by atoms with van der Waals surface area (Å²) in [4.78, 5) is 28.0. The summed E-state index contributed by atoms with van der Waals surface area (Å²) in [5, 5.41) is 20.2. The number of fused-ring (bicyclic) bond motifs is 4. The van der Waals surface area contributed by atoms with E-state index in [1.807, 2.05) is 6.07 Å². The van der Waals surface area contributed by atoms with Crippen molar-refractivity contribution >= 4 is 5.97 Å². The van der Waals surface area contributed by atoms with E-state index in [0.29, 0.717) is 29.3 Å². The molecule has 0 radical (unpaired) electrons. The molecule has 1 aromatic carbocycles. The molecule has 2 fully saturated rings. The number of carbonyl (C=O) groups is 1. The van der Waals surface area contributed by atoms with Gasteiger partial charge in [0.1, 0.15) is 5.82 Å². The van der Waals surface area contributed by atoms with Crippen LogP contribution in [0.2, 0.25) is 0 Å². The molecule has 3 aliphatic rings. The van der Waals surface area contributed by atoms with Crippen LogP contribution in [0.3, 0.4) is 0 Å². The van der Waals surface area contributed by atoms with Crippen LogP contribution in [0.25, 0.3) is 11.1 Å². The van der Waals surface area contributed by atoms with Crippen LogP contribution >= 0.6 is 0 Å². The third-order valence-electron chi connectivity index (χ3n) is 7.80. The molecule has 5 rings (SSSR count). The van der Waals surface area contributed by atoms with Crippen molar-refractivity contribution in [3.8, 4) is 11.1 Å². The van der Waals surface area contributed by atoms with Gasteiger partial charge in [-0.05, 0) is 48.6 Å². The summed E-state index contributed by atoms with van der Waals surface area (Å²) >= 11 is 0. The van der Waals surface area contributed by atoms with Crippen molar-refractivity contribution in [1.82, 2.24) is 9.47 Å². The second kappa shape index (κ2) is 8.45. The summed E-state index contributed by atoms with van der Waals surface area (Å²) in [6, 6.07) is 8.79. The third kappa shape index (κ3) is 3.48. The Labute approximate surface area is 186 Å². The average molecular weight is 441 g/mol. The number of halogens is 1. The molecule has 2 N–H and O–H groups in total. The van der Waals surface area contributed by atoms with E-state index in [9.17, 15) is 24.2 Å². The molecule has 1 aromatic heterocycles. The smallest absolute Gasteiger partial charge is 0.308 e. The number of aliphatic hydroxyl groups is 1. The van der Waals surface area contributed by atoms with Crippen molar-refractivity contribution in [2.75, 3.05) is 13.2 Å². The van der Waals surface area contributed by atoms with Gasteiger partial charge in [-0.3, -0.25) is 14.5 Å². The summed E-state index contributed by atoms with van der Waals surface area (Å²) in [6.45, 7) is 0.956. The highest BCUT2D eigenvalue weighted by Gasteiger charge is 2.56. The highest BCUT2D eigenvalue weighted by atomic mass is 19.1. The summed E-state index contributed by atoms with van der Waals surface area (Å²) in [7, 11) is 0. The Morgan fingerprint density at radius 1 is 1.06 bits per heavy atom. The first-order valence-electron chi connectivity index (χ1n) is 11.6. The second-order valence-corrected chi connectivity index (χ2v) is 9.52. The summed E-state index contributed by atoms with van der Waals surface area (Å²) < 4.78 is 15.0.